The van der Waals surface area contributed by atoms with Crippen LogP contribution in [0, 0.1) is 0 Å². The van der Waals surface area contributed by atoms with Crippen LogP contribution in [0.15, 0.2) is 18.2 Å². The summed E-state index contributed by atoms with van der Waals surface area (Å²) in [5.74, 6) is -1.51. The van der Waals surface area contributed by atoms with Crippen LogP contribution in [0.1, 0.15) is 12.8 Å². The standard InChI is InChI=1S/C17H18F3N5O5S/c1-24(13(27)7-16(21)4-5-25(16)15(28)29)8-12(26)23-14-22-10-3-2-9(6-11(10)31-14)30-17(18,19)20/h2-3,6H,4-5,7-8,21H2,1H3,(H,28,29)(H,22,23,26). The van der Waals surface area contributed by atoms with Crippen molar-refractivity contribution in [2.45, 2.75) is 24.9 Å². The minimum atomic E-state index is -4.82. The number of amides is 3. The van der Waals surface area contributed by atoms with Crippen molar-refractivity contribution in [3.8, 4) is 5.75 Å². The Morgan fingerprint density at radius 3 is 2.71 bits per heavy atom. The number of anilines is 1. The highest BCUT2D eigenvalue weighted by Gasteiger charge is 2.46. The highest BCUT2D eigenvalue weighted by molar-refractivity contribution is 7.22. The van der Waals surface area contributed by atoms with Gasteiger partial charge >= 0.3 is 12.5 Å². The molecule has 31 heavy (non-hydrogen) atoms. The summed E-state index contributed by atoms with van der Waals surface area (Å²) in [6, 6.07) is 3.59. The van der Waals surface area contributed by atoms with Crippen molar-refractivity contribution in [1.82, 2.24) is 14.8 Å². The zero-order valence-corrected chi connectivity index (χ0v) is 16.9. The van der Waals surface area contributed by atoms with Gasteiger partial charge in [0, 0.05) is 26.1 Å². The van der Waals surface area contributed by atoms with E-state index >= 15 is 0 Å². The van der Waals surface area contributed by atoms with E-state index in [2.05, 4.69) is 15.0 Å². The Balaban J connectivity index is 1.58. The maximum atomic E-state index is 12.3. The van der Waals surface area contributed by atoms with Gasteiger partial charge in [-0.25, -0.2) is 9.78 Å². The Labute approximate surface area is 177 Å². The molecule has 1 aromatic carbocycles. The van der Waals surface area contributed by atoms with Gasteiger partial charge in [0.2, 0.25) is 11.8 Å². The Morgan fingerprint density at radius 2 is 2.13 bits per heavy atom. The molecule has 14 heteroatoms. The molecule has 1 aliphatic rings. The number of benzene rings is 1. The van der Waals surface area contributed by atoms with Crippen molar-refractivity contribution in [2.75, 3.05) is 25.5 Å². The third-order valence-corrected chi connectivity index (χ3v) is 5.57. The molecule has 3 amide bonds. The molecule has 168 valence electrons. The summed E-state index contributed by atoms with van der Waals surface area (Å²) in [6.07, 6.45) is -5.99. The van der Waals surface area contributed by atoms with Gasteiger partial charge in [0.25, 0.3) is 0 Å². The van der Waals surface area contributed by atoms with Gasteiger partial charge < -0.3 is 25.8 Å². The van der Waals surface area contributed by atoms with Gasteiger partial charge in [-0.15, -0.1) is 13.2 Å². The number of carbonyl (C=O) groups excluding carboxylic acids is 2. The first-order valence-electron chi connectivity index (χ1n) is 8.86. The molecule has 0 spiro atoms. The molecule has 2 heterocycles. The molecule has 0 aliphatic carbocycles. The quantitative estimate of drug-likeness (QED) is 0.598. The predicted molar refractivity (Wildman–Crippen MR) is 103 cm³/mol. The number of nitrogens with one attached hydrogen (secondary N) is 1. The van der Waals surface area contributed by atoms with Crippen LogP contribution in [0.25, 0.3) is 10.2 Å². The number of rotatable bonds is 6. The number of nitrogens with two attached hydrogens (primary N) is 1. The van der Waals surface area contributed by atoms with Crippen LogP contribution >= 0.6 is 11.3 Å². The Bertz CT molecular complexity index is 1030. The third kappa shape index (κ3) is 5.32. The predicted octanol–water partition coefficient (Wildman–Crippen LogP) is 2.02. The smallest absolute Gasteiger partial charge is 0.465 e. The zero-order valence-electron chi connectivity index (χ0n) is 16.1. The fraction of sp³-hybridized carbons (Fsp3) is 0.412. The number of halogens is 3. The summed E-state index contributed by atoms with van der Waals surface area (Å²) in [5, 5.41) is 11.7. The van der Waals surface area contributed by atoms with E-state index in [-0.39, 0.29) is 24.6 Å². The minimum Gasteiger partial charge on any atom is -0.465 e. The number of nitrogens with zero attached hydrogens (tertiary/aromatic N) is 3. The average Bonchev–Trinajstić information content (AvgIpc) is 2.99. The van der Waals surface area contributed by atoms with Crippen LogP contribution in [0.2, 0.25) is 0 Å². The topological polar surface area (TPSA) is 138 Å². The van der Waals surface area contributed by atoms with Crippen LogP contribution in [0.5, 0.6) is 5.75 Å². The van der Waals surface area contributed by atoms with E-state index in [1.54, 1.807) is 0 Å². The Kier molecular flexibility index (Phi) is 5.96. The molecule has 3 rings (SSSR count). The molecular weight excluding hydrogens is 443 g/mol. The summed E-state index contributed by atoms with van der Waals surface area (Å²) in [4.78, 5) is 41.8. The van der Waals surface area contributed by atoms with Crippen molar-refractivity contribution in [1.29, 1.82) is 0 Å². The van der Waals surface area contributed by atoms with Crippen LogP contribution in [0.3, 0.4) is 0 Å². The van der Waals surface area contributed by atoms with Gasteiger partial charge in [0.15, 0.2) is 5.13 Å². The van der Waals surface area contributed by atoms with Crippen molar-refractivity contribution in [3.63, 3.8) is 0 Å². The molecule has 1 saturated heterocycles. The number of ether oxygens (including phenoxy) is 1. The monoisotopic (exact) mass is 461 g/mol. The van der Waals surface area contributed by atoms with E-state index in [1.165, 1.54) is 13.1 Å². The summed E-state index contributed by atoms with van der Waals surface area (Å²) >= 11 is 0.942. The molecule has 1 aromatic heterocycles. The SMILES string of the molecule is CN(CC(=O)Nc1nc2ccc(OC(F)(F)F)cc2s1)C(=O)CC1(N)CCN1C(=O)O. The second kappa shape index (κ2) is 8.19. The normalized spacial score (nSPS) is 18.4. The fourth-order valence-corrected chi connectivity index (χ4v) is 3.91. The molecule has 10 nitrogen and oxygen atoms in total. The number of carboxylic acid groups (broad SMARTS) is 1. The largest absolute Gasteiger partial charge is 0.573 e. The highest BCUT2D eigenvalue weighted by atomic mass is 32.1. The lowest BCUT2D eigenvalue weighted by atomic mass is 9.91. The molecule has 1 fully saturated rings. The first kappa shape index (κ1) is 22.6. The molecule has 0 bridgehead atoms. The van der Waals surface area contributed by atoms with E-state index in [1.807, 2.05) is 0 Å². The van der Waals surface area contributed by atoms with Crippen molar-refractivity contribution in [2.24, 2.45) is 5.73 Å². The van der Waals surface area contributed by atoms with Crippen molar-refractivity contribution >= 4 is 44.6 Å². The number of likely N-dealkylation sites (tertiary alicyclic amines) is 1. The molecule has 2 aromatic rings. The summed E-state index contributed by atoms with van der Waals surface area (Å²) in [5.41, 5.74) is 5.01. The maximum Gasteiger partial charge on any atom is 0.573 e. The van der Waals surface area contributed by atoms with E-state index in [0.717, 1.165) is 33.3 Å². The molecule has 1 unspecified atom stereocenters. The number of carbonyl (C=O) groups is 3. The minimum absolute atomic E-state index is 0.136. The first-order chi connectivity index (χ1) is 14.4. The highest BCUT2D eigenvalue weighted by Crippen LogP contribution is 2.32. The molecule has 1 atom stereocenters. The van der Waals surface area contributed by atoms with Gasteiger partial charge in [-0.3, -0.25) is 14.5 Å². The first-order valence-corrected chi connectivity index (χ1v) is 9.67. The summed E-state index contributed by atoms with van der Waals surface area (Å²) in [6.45, 7) is -0.114. The van der Waals surface area contributed by atoms with Gasteiger partial charge in [-0.1, -0.05) is 11.3 Å². The Morgan fingerprint density at radius 1 is 1.42 bits per heavy atom. The lowest BCUT2D eigenvalue weighted by Gasteiger charge is -2.48. The summed E-state index contributed by atoms with van der Waals surface area (Å²) < 4.78 is 41.2. The number of hydrogen-bond acceptors (Lipinski definition) is 7. The molecule has 1 aliphatic heterocycles. The lowest BCUT2D eigenvalue weighted by molar-refractivity contribution is -0.274. The number of alkyl halides is 3. The number of hydrogen-bond donors (Lipinski definition) is 3. The average molecular weight is 461 g/mol. The lowest BCUT2D eigenvalue weighted by Crippen LogP contribution is -2.68. The number of aromatic nitrogens is 1. The van der Waals surface area contributed by atoms with E-state index < -0.39 is 35.7 Å². The second-order valence-electron chi connectivity index (χ2n) is 6.96. The number of thiazole rings is 1. The van der Waals surface area contributed by atoms with E-state index in [4.69, 9.17) is 10.8 Å². The maximum absolute atomic E-state index is 12.3. The van der Waals surface area contributed by atoms with Gasteiger partial charge in [0.1, 0.15) is 11.4 Å². The van der Waals surface area contributed by atoms with Gasteiger partial charge in [0.05, 0.1) is 23.2 Å². The van der Waals surface area contributed by atoms with Crippen LogP contribution < -0.4 is 15.8 Å². The number of likely N-dealkylation sites (N-methyl/N-ethyl adjacent to an activating group) is 1. The molecule has 0 radical (unpaired) electrons. The second-order valence-corrected chi connectivity index (χ2v) is 7.99. The van der Waals surface area contributed by atoms with E-state index in [0.29, 0.717) is 16.6 Å². The van der Waals surface area contributed by atoms with Gasteiger partial charge in [-0.2, -0.15) is 0 Å². The fourth-order valence-electron chi connectivity index (χ4n) is 3.00. The third-order valence-electron chi connectivity index (χ3n) is 4.64. The van der Waals surface area contributed by atoms with E-state index in [9.17, 15) is 27.6 Å². The van der Waals surface area contributed by atoms with Crippen molar-refractivity contribution < 1.29 is 37.4 Å². The number of fused-ring (bicyclic) bond motifs is 1. The summed E-state index contributed by atoms with van der Waals surface area (Å²) in [7, 11) is 1.37. The molecule has 0 saturated carbocycles. The molecule has 4 N–H and O–H groups in total. The van der Waals surface area contributed by atoms with Crippen molar-refractivity contribution in [3.05, 3.63) is 18.2 Å². The van der Waals surface area contributed by atoms with Gasteiger partial charge in [-0.05, 0) is 12.1 Å². The van der Waals surface area contributed by atoms with Crippen LogP contribution in [-0.2, 0) is 9.59 Å². The van der Waals surface area contributed by atoms with Crippen LogP contribution in [0.4, 0.5) is 23.1 Å². The van der Waals surface area contributed by atoms with Crippen LogP contribution in [-0.4, -0.2) is 70.0 Å². The molecular formula is C17H18F3N5O5S. The Hall–Kier alpha value is -3.13. The zero-order chi connectivity index (χ0) is 23.0.